The molecule has 2 saturated heterocycles. The molecule has 0 aliphatic carbocycles. The lowest BCUT2D eigenvalue weighted by Crippen LogP contribution is -2.36. The Labute approximate surface area is 150 Å². The Morgan fingerprint density at radius 1 is 0.800 bits per heavy atom. The van der Waals surface area contributed by atoms with Gasteiger partial charge in [0, 0.05) is 31.9 Å². The van der Waals surface area contributed by atoms with E-state index in [0.717, 1.165) is 45.2 Å². The molecule has 0 radical (unpaired) electrons. The molecular formula is C18H27N3O3S. The summed E-state index contributed by atoms with van der Waals surface area (Å²) in [5.74, 6) is 0. The normalized spacial score (nSPS) is 20.1. The van der Waals surface area contributed by atoms with Crippen LogP contribution in [-0.4, -0.2) is 49.8 Å². The Hall–Kier alpha value is -1.60. The highest BCUT2D eigenvalue weighted by Gasteiger charge is 2.25. The van der Waals surface area contributed by atoms with Gasteiger partial charge in [0.2, 0.25) is 10.0 Å². The Morgan fingerprint density at radius 3 is 1.92 bits per heavy atom. The molecule has 0 bridgehead atoms. The molecule has 1 N–H and O–H groups in total. The van der Waals surface area contributed by atoms with Crippen molar-refractivity contribution in [1.82, 2.24) is 9.21 Å². The molecule has 0 aromatic heterocycles. The van der Waals surface area contributed by atoms with Gasteiger partial charge in [-0.15, -0.1) is 0 Å². The number of nitrogens with one attached hydrogen (secondary N) is 1. The number of anilines is 1. The van der Waals surface area contributed by atoms with Crippen LogP contribution in [0.4, 0.5) is 10.5 Å². The maximum atomic E-state index is 12.6. The fraction of sp³-hybridized carbons (Fsp3) is 0.611. The van der Waals surface area contributed by atoms with Crippen LogP contribution in [0.3, 0.4) is 0 Å². The second kappa shape index (κ2) is 8.19. The van der Waals surface area contributed by atoms with Crippen LogP contribution in [0.25, 0.3) is 0 Å². The Bertz CT molecular complexity index is 674. The number of likely N-dealkylation sites (tertiary alicyclic amines) is 1. The molecule has 3 rings (SSSR count). The molecule has 25 heavy (non-hydrogen) atoms. The molecule has 1 aromatic rings. The van der Waals surface area contributed by atoms with Crippen molar-refractivity contribution in [3.05, 3.63) is 24.3 Å². The van der Waals surface area contributed by atoms with E-state index in [9.17, 15) is 13.2 Å². The van der Waals surface area contributed by atoms with Crippen LogP contribution in [0.15, 0.2) is 29.2 Å². The maximum Gasteiger partial charge on any atom is 0.321 e. The van der Waals surface area contributed by atoms with Gasteiger partial charge in [-0.2, -0.15) is 4.31 Å². The fourth-order valence-electron chi connectivity index (χ4n) is 3.44. The average molecular weight is 365 g/mol. The zero-order chi connectivity index (χ0) is 17.7. The third kappa shape index (κ3) is 4.52. The lowest BCUT2D eigenvalue weighted by molar-refractivity contribution is 0.214. The third-order valence-corrected chi connectivity index (χ3v) is 6.86. The predicted octanol–water partition coefficient (Wildman–Crippen LogP) is 3.27. The van der Waals surface area contributed by atoms with Crippen molar-refractivity contribution in [2.24, 2.45) is 0 Å². The number of nitrogens with zero attached hydrogens (tertiary/aromatic N) is 2. The van der Waals surface area contributed by atoms with Gasteiger partial charge in [-0.25, -0.2) is 13.2 Å². The van der Waals surface area contributed by atoms with E-state index in [2.05, 4.69) is 5.32 Å². The number of sulfonamides is 1. The van der Waals surface area contributed by atoms with Crippen molar-refractivity contribution in [3.8, 4) is 0 Å². The summed E-state index contributed by atoms with van der Waals surface area (Å²) in [6.45, 7) is 2.76. The minimum Gasteiger partial charge on any atom is -0.325 e. The first kappa shape index (κ1) is 18.2. The predicted molar refractivity (Wildman–Crippen MR) is 98.1 cm³/mol. The molecule has 0 unspecified atom stereocenters. The summed E-state index contributed by atoms with van der Waals surface area (Å²) in [5.41, 5.74) is 0.631. The quantitative estimate of drug-likeness (QED) is 0.894. The SMILES string of the molecule is O=C(Nc1ccc(S(=O)(=O)N2CCCCC2)cc1)N1CCCCCC1. The van der Waals surface area contributed by atoms with Crippen molar-refractivity contribution in [3.63, 3.8) is 0 Å². The molecule has 2 aliphatic rings. The van der Waals surface area contributed by atoms with E-state index in [1.807, 2.05) is 4.90 Å². The van der Waals surface area contributed by atoms with E-state index in [4.69, 9.17) is 0 Å². The van der Waals surface area contributed by atoms with Gasteiger partial charge < -0.3 is 10.2 Å². The van der Waals surface area contributed by atoms with Crippen LogP contribution in [-0.2, 0) is 10.0 Å². The van der Waals surface area contributed by atoms with E-state index in [1.165, 1.54) is 12.8 Å². The van der Waals surface area contributed by atoms with Crippen molar-refractivity contribution in [2.75, 3.05) is 31.5 Å². The van der Waals surface area contributed by atoms with Gasteiger partial charge >= 0.3 is 6.03 Å². The monoisotopic (exact) mass is 365 g/mol. The number of rotatable bonds is 3. The number of carbonyl (C=O) groups is 1. The van der Waals surface area contributed by atoms with E-state index in [0.29, 0.717) is 23.7 Å². The average Bonchev–Trinajstić information content (AvgIpc) is 2.92. The summed E-state index contributed by atoms with van der Waals surface area (Å²) < 4.78 is 26.8. The standard InChI is InChI=1S/C18H27N3O3S/c22-18(20-12-4-1-2-5-13-20)19-16-8-10-17(11-9-16)25(23,24)21-14-6-3-7-15-21/h8-11H,1-7,12-15H2,(H,19,22). The number of hydrogen-bond acceptors (Lipinski definition) is 3. The molecule has 2 amide bonds. The summed E-state index contributed by atoms with van der Waals surface area (Å²) in [6.07, 6.45) is 7.36. The van der Waals surface area contributed by atoms with Gasteiger partial charge in [0.25, 0.3) is 0 Å². The van der Waals surface area contributed by atoms with Gasteiger partial charge in [0.15, 0.2) is 0 Å². The summed E-state index contributed by atoms with van der Waals surface area (Å²) in [4.78, 5) is 14.5. The molecule has 0 saturated carbocycles. The fourth-order valence-corrected chi connectivity index (χ4v) is 4.96. The largest absolute Gasteiger partial charge is 0.325 e. The topological polar surface area (TPSA) is 69.7 Å². The second-order valence-corrected chi connectivity index (χ2v) is 8.76. The van der Waals surface area contributed by atoms with Gasteiger partial charge in [0.05, 0.1) is 4.90 Å². The Balaban J connectivity index is 1.64. The van der Waals surface area contributed by atoms with Crippen molar-refractivity contribution in [2.45, 2.75) is 49.8 Å². The van der Waals surface area contributed by atoms with Gasteiger partial charge in [-0.3, -0.25) is 0 Å². The highest BCUT2D eigenvalue weighted by atomic mass is 32.2. The Kier molecular flexibility index (Phi) is 5.96. The zero-order valence-electron chi connectivity index (χ0n) is 14.6. The van der Waals surface area contributed by atoms with E-state index in [-0.39, 0.29) is 6.03 Å². The molecule has 2 heterocycles. The van der Waals surface area contributed by atoms with Crippen molar-refractivity contribution >= 4 is 21.7 Å². The van der Waals surface area contributed by atoms with Crippen LogP contribution in [0.2, 0.25) is 0 Å². The molecule has 2 fully saturated rings. The maximum absolute atomic E-state index is 12.6. The van der Waals surface area contributed by atoms with Crippen molar-refractivity contribution in [1.29, 1.82) is 0 Å². The molecule has 0 atom stereocenters. The molecule has 7 heteroatoms. The first-order valence-corrected chi connectivity index (χ1v) is 10.7. The van der Waals surface area contributed by atoms with Gasteiger partial charge in [0.1, 0.15) is 0 Å². The van der Waals surface area contributed by atoms with Gasteiger partial charge in [-0.05, 0) is 49.9 Å². The number of urea groups is 1. The molecule has 138 valence electrons. The number of amides is 2. The number of piperidine rings is 1. The van der Waals surface area contributed by atoms with Crippen LogP contribution >= 0.6 is 0 Å². The number of hydrogen-bond donors (Lipinski definition) is 1. The van der Waals surface area contributed by atoms with E-state index >= 15 is 0 Å². The smallest absolute Gasteiger partial charge is 0.321 e. The van der Waals surface area contributed by atoms with Gasteiger partial charge in [-0.1, -0.05) is 19.3 Å². The van der Waals surface area contributed by atoms with E-state index < -0.39 is 10.0 Å². The zero-order valence-corrected chi connectivity index (χ0v) is 15.4. The number of carbonyl (C=O) groups excluding carboxylic acids is 1. The third-order valence-electron chi connectivity index (χ3n) is 4.95. The van der Waals surface area contributed by atoms with Crippen molar-refractivity contribution < 1.29 is 13.2 Å². The summed E-state index contributed by atoms with van der Waals surface area (Å²) in [5, 5.41) is 2.88. The summed E-state index contributed by atoms with van der Waals surface area (Å²) >= 11 is 0. The minimum absolute atomic E-state index is 0.103. The highest BCUT2D eigenvalue weighted by Crippen LogP contribution is 2.22. The van der Waals surface area contributed by atoms with Crippen LogP contribution in [0, 0.1) is 0 Å². The van der Waals surface area contributed by atoms with Crippen LogP contribution in [0.5, 0.6) is 0 Å². The first-order chi connectivity index (χ1) is 12.1. The molecule has 0 spiro atoms. The highest BCUT2D eigenvalue weighted by molar-refractivity contribution is 7.89. The first-order valence-electron chi connectivity index (χ1n) is 9.23. The van der Waals surface area contributed by atoms with Crippen LogP contribution in [0.1, 0.15) is 44.9 Å². The summed E-state index contributed by atoms with van der Waals surface area (Å²) in [7, 11) is -3.42. The molecular weight excluding hydrogens is 338 g/mol. The number of benzene rings is 1. The van der Waals surface area contributed by atoms with Crippen LogP contribution < -0.4 is 5.32 Å². The molecule has 1 aromatic carbocycles. The lowest BCUT2D eigenvalue weighted by Gasteiger charge is -2.26. The molecule has 6 nitrogen and oxygen atoms in total. The summed E-state index contributed by atoms with van der Waals surface area (Å²) in [6, 6.07) is 6.41. The lowest BCUT2D eigenvalue weighted by atomic mass is 10.2. The Morgan fingerprint density at radius 2 is 1.32 bits per heavy atom. The molecule has 2 aliphatic heterocycles. The minimum atomic E-state index is -3.42. The van der Waals surface area contributed by atoms with E-state index in [1.54, 1.807) is 28.6 Å². The second-order valence-electron chi connectivity index (χ2n) is 6.82.